The van der Waals surface area contributed by atoms with Crippen molar-refractivity contribution in [1.82, 2.24) is 25.1 Å². The molecular formula is C18H16F3N5OS2. The number of alkyl halides is 3. The van der Waals surface area contributed by atoms with Gasteiger partial charge in [0.2, 0.25) is 0 Å². The zero-order chi connectivity index (χ0) is 20.8. The molecule has 0 atom stereocenters. The van der Waals surface area contributed by atoms with E-state index in [9.17, 15) is 18.0 Å². The molecule has 1 aliphatic rings. The van der Waals surface area contributed by atoms with Crippen LogP contribution in [0.4, 0.5) is 13.2 Å². The first-order valence-corrected chi connectivity index (χ1v) is 10.1. The van der Waals surface area contributed by atoms with Gasteiger partial charge in [-0.15, -0.1) is 11.3 Å². The molecule has 0 saturated heterocycles. The number of hydrogen-bond donors (Lipinski definition) is 2. The quantitative estimate of drug-likeness (QED) is 0.567. The molecule has 0 aliphatic heterocycles. The molecule has 1 amide bonds. The van der Waals surface area contributed by atoms with Gasteiger partial charge in [-0.3, -0.25) is 14.5 Å². The fourth-order valence-electron chi connectivity index (χ4n) is 2.94. The molecule has 2 N–H and O–H groups in total. The van der Waals surface area contributed by atoms with Gasteiger partial charge in [0.25, 0.3) is 5.91 Å². The molecule has 1 saturated carbocycles. The largest absolute Gasteiger partial charge is 0.416 e. The van der Waals surface area contributed by atoms with Crippen LogP contribution >= 0.6 is 23.6 Å². The van der Waals surface area contributed by atoms with Crippen LogP contribution in [0.15, 0.2) is 24.3 Å². The minimum atomic E-state index is -4.39. The lowest BCUT2D eigenvalue weighted by molar-refractivity contribution is -0.137. The number of benzene rings is 1. The number of aromatic amines is 1. The number of amides is 1. The van der Waals surface area contributed by atoms with E-state index in [1.807, 2.05) is 4.57 Å². The van der Waals surface area contributed by atoms with Crippen molar-refractivity contribution in [2.45, 2.75) is 38.5 Å². The van der Waals surface area contributed by atoms with Gasteiger partial charge in [0, 0.05) is 11.6 Å². The highest BCUT2D eigenvalue weighted by atomic mass is 32.1. The van der Waals surface area contributed by atoms with Crippen molar-refractivity contribution in [3.63, 3.8) is 0 Å². The van der Waals surface area contributed by atoms with Crippen LogP contribution in [0.25, 0.3) is 10.6 Å². The molecule has 2 heterocycles. The third kappa shape index (κ3) is 4.10. The van der Waals surface area contributed by atoms with Crippen molar-refractivity contribution >= 4 is 29.5 Å². The van der Waals surface area contributed by atoms with E-state index in [0.29, 0.717) is 37.8 Å². The first-order valence-electron chi connectivity index (χ1n) is 8.83. The van der Waals surface area contributed by atoms with Crippen molar-refractivity contribution in [3.8, 4) is 10.6 Å². The Bertz CT molecular complexity index is 1110. The fourth-order valence-corrected chi connectivity index (χ4v) is 4.23. The summed E-state index contributed by atoms with van der Waals surface area (Å²) >= 11 is 6.36. The topological polar surface area (TPSA) is 75.6 Å². The Morgan fingerprint density at radius 1 is 1.34 bits per heavy atom. The number of halogens is 3. The fraction of sp³-hybridized carbons (Fsp3) is 0.333. The minimum Gasteiger partial charge on any atom is -0.344 e. The highest BCUT2D eigenvalue weighted by Crippen LogP contribution is 2.36. The van der Waals surface area contributed by atoms with Crippen LogP contribution in [0.3, 0.4) is 0 Å². The molecule has 2 aromatic heterocycles. The van der Waals surface area contributed by atoms with Crippen molar-refractivity contribution in [1.29, 1.82) is 0 Å². The number of thiazole rings is 1. The first-order chi connectivity index (χ1) is 13.7. The lowest BCUT2D eigenvalue weighted by Crippen LogP contribution is -2.24. The molecule has 0 radical (unpaired) electrons. The normalized spacial score (nSPS) is 14.2. The summed E-state index contributed by atoms with van der Waals surface area (Å²) < 4.78 is 40.6. The Hall–Kier alpha value is -2.53. The number of carbonyl (C=O) groups is 1. The van der Waals surface area contributed by atoms with E-state index in [4.69, 9.17) is 12.2 Å². The number of nitrogens with one attached hydrogen (secondary N) is 2. The number of carbonyl (C=O) groups excluding carboxylic acids is 1. The Labute approximate surface area is 172 Å². The number of nitrogens with zero attached hydrogens (tertiary/aromatic N) is 3. The van der Waals surface area contributed by atoms with Gasteiger partial charge in [0.15, 0.2) is 10.6 Å². The van der Waals surface area contributed by atoms with Crippen LogP contribution < -0.4 is 5.32 Å². The SMILES string of the molecule is Cc1nc(-c2ccc(C(F)(F)F)cc2)sc1C(=O)NCc1n[nH]c(=S)n1C1CC1. The third-order valence-corrected chi connectivity index (χ3v) is 6.05. The van der Waals surface area contributed by atoms with E-state index in [1.54, 1.807) is 6.92 Å². The predicted molar refractivity (Wildman–Crippen MR) is 104 cm³/mol. The molecule has 6 nitrogen and oxygen atoms in total. The van der Waals surface area contributed by atoms with Gasteiger partial charge in [-0.05, 0) is 44.1 Å². The molecule has 0 spiro atoms. The number of aromatic nitrogens is 4. The summed E-state index contributed by atoms with van der Waals surface area (Å²) in [6, 6.07) is 5.06. The lowest BCUT2D eigenvalue weighted by atomic mass is 10.1. The zero-order valence-electron chi connectivity index (χ0n) is 15.2. The Balaban J connectivity index is 1.49. The highest BCUT2D eigenvalue weighted by Gasteiger charge is 2.30. The van der Waals surface area contributed by atoms with E-state index in [0.717, 1.165) is 36.3 Å². The van der Waals surface area contributed by atoms with Crippen LogP contribution in [0.5, 0.6) is 0 Å². The zero-order valence-corrected chi connectivity index (χ0v) is 16.8. The number of rotatable bonds is 5. The highest BCUT2D eigenvalue weighted by molar-refractivity contribution is 7.71. The predicted octanol–water partition coefficient (Wildman–Crippen LogP) is 4.66. The molecule has 11 heteroatoms. The third-order valence-electron chi connectivity index (χ3n) is 4.56. The Morgan fingerprint density at radius 3 is 2.66 bits per heavy atom. The van der Waals surface area contributed by atoms with Gasteiger partial charge in [-0.25, -0.2) is 4.98 Å². The van der Waals surface area contributed by atoms with Gasteiger partial charge >= 0.3 is 6.18 Å². The van der Waals surface area contributed by atoms with Gasteiger partial charge in [-0.1, -0.05) is 12.1 Å². The molecule has 4 rings (SSSR count). The lowest BCUT2D eigenvalue weighted by Gasteiger charge is -2.06. The number of hydrogen-bond acceptors (Lipinski definition) is 5. The van der Waals surface area contributed by atoms with Crippen LogP contribution in [-0.4, -0.2) is 25.7 Å². The summed E-state index contributed by atoms with van der Waals surface area (Å²) in [4.78, 5) is 17.4. The maximum absolute atomic E-state index is 12.7. The minimum absolute atomic E-state index is 0.218. The Morgan fingerprint density at radius 2 is 2.03 bits per heavy atom. The average Bonchev–Trinajstić information content (AvgIpc) is 3.33. The standard InChI is InChI=1S/C18H16F3N5OS2/c1-9-14(15(27)22-8-13-24-25-17(28)26(13)12-6-7-12)29-16(23-9)10-2-4-11(5-3-10)18(19,20)21/h2-5,12H,6-8H2,1H3,(H,22,27)(H,25,28). The second-order valence-corrected chi connectivity index (χ2v) is 8.12. The van der Waals surface area contributed by atoms with Crippen molar-refractivity contribution in [2.75, 3.05) is 0 Å². The monoisotopic (exact) mass is 439 g/mol. The second-order valence-electron chi connectivity index (χ2n) is 6.74. The van der Waals surface area contributed by atoms with Crippen LogP contribution in [0.1, 0.15) is 45.6 Å². The number of aryl methyl sites for hydroxylation is 1. The summed E-state index contributed by atoms with van der Waals surface area (Å²) in [6.07, 6.45) is -2.31. The van der Waals surface area contributed by atoms with Crippen LogP contribution in [0.2, 0.25) is 0 Å². The Kier molecular flexibility index (Phi) is 5.03. The van der Waals surface area contributed by atoms with Crippen molar-refractivity contribution in [2.24, 2.45) is 0 Å². The average molecular weight is 439 g/mol. The maximum atomic E-state index is 12.7. The van der Waals surface area contributed by atoms with Gasteiger partial charge in [-0.2, -0.15) is 18.3 Å². The molecule has 152 valence electrons. The summed E-state index contributed by atoms with van der Waals surface area (Å²) in [6.45, 7) is 1.91. The molecule has 1 fully saturated rings. The van der Waals surface area contributed by atoms with Crippen molar-refractivity contribution < 1.29 is 18.0 Å². The van der Waals surface area contributed by atoms with E-state index >= 15 is 0 Å². The smallest absolute Gasteiger partial charge is 0.344 e. The summed E-state index contributed by atoms with van der Waals surface area (Å²) in [7, 11) is 0. The molecule has 3 aromatic rings. The second kappa shape index (κ2) is 7.38. The van der Waals surface area contributed by atoms with Gasteiger partial charge in [0.05, 0.1) is 17.8 Å². The van der Waals surface area contributed by atoms with E-state index in [1.165, 1.54) is 12.1 Å². The molecule has 1 aliphatic carbocycles. The maximum Gasteiger partial charge on any atom is 0.416 e. The summed E-state index contributed by atoms with van der Waals surface area (Å²) in [5, 5.41) is 10.2. The summed E-state index contributed by atoms with van der Waals surface area (Å²) in [5.41, 5.74) is 0.319. The van der Waals surface area contributed by atoms with E-state index in [2.05, 4.69) is 20.5 Å². The molecule has 0 unspecified atom stereocenters. The van der Waals surface area contributed by atoms with E-state index < -0.39 is 11.7 Å². The van der Waals surface area contributed by atoms with Crippen molar-refractivity contribution in [3.05, 3.63) is 51.0 Å². The molecular weight excluding hydrogens is 423 g/mol. The van der Waals surface area contributed by atoms with Crippen LogP contribution in [-0.2, 0) is 12.7 Å². The number of H-pyrrole nitrogens is 1. The summed E-state index contributed by atoms with van der Waals surface area (Å²) in [5.74, 6) is 0.352. The van der Waals surface area contributed by atoms with Crippen LogP contribution in [0, 0.1) is 11.7 Å². The first kappa shape index (κ1) is 19.8. The van der Waals surface area contributed by atoms with Gasteiger partial charge in [0.1, 0.15) is 9.88 Å². The van der Waals surface area contributed by atoms with Gasteiger partial charge < -0.3 is 5.32 Å². The molecule has 29 heavy (non-hydrogen) atoms. The molecule has 1 aromatic carbocycles. The molecule has 0 bridgehead atoms. The van der Waals surface area contributed by atoms with E-state index in [-0.39, 0.29) is 12.5 Å².